The molecule has 2 aliphatic heterocycles. The lowest BCUT2D eigenvalue weighted by Crippen LogP contribution is -2.44. The van der Waals surface area contributed by atoms with Gasteiger partial charge in [0.25, 0.3) is 10.0 Å². The maximum atomic E-state index is 12.0. The second-order valence-electron chi connectivity index (χ2n) is 6.75. The van der Waals surface area contributed by atoms with Crippen molar-refractivity contribution in [2.45, 2.75) is 36.8 Å². The summed E-state index contributed by atoms with van der Waals surface area (Å²) in [6, 6.07) is 2.39. The molecule has 0 aromatic carbocycles. The average Bonchev–Trinajstić information content (AvgIpc) is 3.42. The van der Waals surface area contributed by atoms with Crippen molar-refractivity contribution in [3.63, 3.8) is 0 Å². The topological polar surface area (TPSA) is 134 Å². The summed E-state index contributed by atoms with van der Waals surface area (Å²) >= 11 is 0. The summed E-state index contributed by atoms with van der Waals surface area (Å²) in [7, 11) is -4.01. The van der Waals surface area contributed by atoms with Gasteiger partial charge in [0.05, 0.1) is 11.3 Å². The van der Waals surface area contributed by atoms with E-state index < -0.39 is 10.0 Å². The smallest absolute Gasteiger partial charge is 0.256 e. The quantitative estimate of drug-likeness (QED) is 0.691. The molecular formula is C17H24N8O2S. The van der Waals surface area contributed by atoms with Crippen LogP contribution in [0.15, 0.2) is 17.3 Å². The Labute approximate surface area is 164 Å². The summed E-state index contributed by atoms with van der Waals surface area (Å²) in [5.41, 5.74) is 1.04. The number of piperidine rings is 1. The van der Waals surface area contributed by atoms with Gasteiger partial charge in [0.1, 0.15) is 0 Å². The molecule has 0 spiro atoms. The van der Waals surface area contributed by atoms with Crippen LogP contribution in [-0.2, 0) is 10.0 Å². The van der Waals surface area contributed by atoms with E-state index in [4.69, 9.17) is 5.14 Å². The van der Waals surface area contributed by atoms with E-state index in [2.05, 4.69) is 48.3 Å². The number of hydrogen-bond acceptors (Lipinski definition) is 8. The van der Waals surface area contributed by atoms with Gasteiger partial charge in [-0.2, -0.15) is 5.21 Å². The van der Waals surface area contributed by atoms with Crippen molar-refractivity contribution >= 4 is 15.7 Å². The summed E-state index contributed by atoms with van der Waals surface area (Å²) in [5.74, 6) is 0.179. The fraction of sp³-hybridized carbons (Fsp3) is 0.529. The first-order chi connectivity index (χ1) is 13.5. The van der Waals surface area contributed by atoms with E-state index in [1.165, 1.54) is 32.1 Å². The summed E-state index contributed by atoms with van der Waals surface area (Å²) in [6.07, 6.45) is 14.1. The van der Waals surface area contributed by atoms with Gasteiger partial charge in [-0.25, -0.2) is 18.5 Å². The molecule has 2 aromatic heterocycles. The molecule has 4 heterocycles. The molecule has 2 saturated heterocycles. The Morgan fingerprint density at radius 2 is 1.82 bits per heavy atom. The number of hydrogen-bond donors (Lipinski definition) is 2. The number of nitrogens with two attached hydrogens (primary N) is 1. The molecule has 0 saturated carbocycles. The number of sulfonamides is 1. The molecule has 0 radical (unpaired) electrons. The van der Waals surface area contributed by atoms with Gasteiger partial charge in [0.15, 0.2) is 5.03 Å². The second-order valence-corrected chi connectivity index (χ2v) is 8.23. The molecule has 150 valence electrons. The van der Waals surface area contributed by atoms with Crippen molar-refractivity contribution in [2.24, 2.45) is 5.14 Å². The Morgan fingerprint density at radius 1 is 1.14 bits per heavy atom. The van der Waals surface area contributed by atoms with Crippen LogP contribution in [0.3, 0.4) is 0 Å². The van der Waals surface area contributed by atoms with Crippen molar-refractivity contribution in [3.8, 4) is 24.2 Å². The number of primary sulfonamides is 1. The largest absolute Gasteiger partial charge is 0.371 e. The van der Waals surface area contributed by atoms with Crippen molar-refractivity contribution in [3.05, 3.63) is 12.3 Å². The monoisotopic (exact) mass is 404 g/mol. The molecule has 0 atom stereocenters. The van der Waals surface area contributed by atoms with Crippen LogP contribution in [0, 0.1) is 12.8 Å². The highest BCUT2D eigenvalue weighted by Gasteiger charge is 2.30. The molecule has 0 bridgehead atoms. The van der Waals surface area contributed by atoms with Gasteiger partial charge < -0.3 is 9.80 Å². The van der Waals surface area contributed by atoms with E-state index in [1.807, 2.05) is 0 Å². The number of aromatic amines is 1. The van der Waals surface area contributed by atoms with Gasteiger partial charge in [-0.05, 0) is 50.1 Å². The number of terminal acetylenes is 1. The maximum Gasteiger partial charge on any atom is 0.256 e. The molecule has 28 heavy (non-hydrogen) atoms. The Morgan fingerprint density at radius 3 is 2.39 bits per heavy atom. The normalized spacial score (nSPS) is 18.6. The number of aromatic nitrogens is 5. The Balaban J connectivity index is 0.00000109. The summed E-state index contributed by atoms with van der Waals surface area (Å²) in [6.45, 7) is 4.04. The lowest BCUT2D eigenvalue weighted by atomic mass is 10.0. The van der Waals surface area contributed by atoms with Gasteiger partial charge in [0, 0.05) is 25.3 Å². The number of tetrazole rings is 1. The molecule has 3 N–H and O–H groups in total. The lowest BCUT2D eigenvalue weighted by Gasteiger charge is -2.38. The van der Waals surface area contributed by atoms with Crippen molar-refractivity contribution in [1.82, 2.24) is 30.5 Å². The van der Waals surface area contributed by atoms with Crippen LogP contribution in [0.2, 0.25) is 0 Å². The number of nitrogens with one attached hydrogen (secondary N) is 1. The minimum atomic E-state index is -4.01. The molecule has 10 nitrogen and oxygen atoms in total. The first-order valence-corrected chi connectivity index (χ1v) is 10.7. The molecule has 2 aromatic rings. The highest BCUT2D eigenvalue weighted by molar-refractivity contribution is 7.89. The average molecular weight is 405 g/mol. The van der Waals surface area contributed by atoms with Gasteiger partial charge in [-0.15, -0.1) is 23.0 Å². The molecule has 2 fully saturated rings. The summed E-state index contributed by atoms with van der Waals surface area (Å²) in [4.78, 5) is 8.70. The number of anilines is 1. The number of pyridine rings is 1. The highest BCUT2D eigenvalue weighted by atomic mass is 32.2. The minimum Gasteiger partial charge on any atom is -0.371 e. The summed E-state index contributed by atoms with van der Waals surface area (Å²) < 4.78 is 24.0. The maximum absolute atomic E-state index is 12.0. The van der Waals surface area contributed by atoms with Gasteiger partial charge in [-0.1, -0.05) is 0 Å². The van der Waals surface area contributed by atoms with Crippen LogP contribution < -0.4 is 10.0 Å². The zero-order chi connectivity index (χ0) is 20.1. The molecule has 0 unspecified atom stereocenters. The zero-order valence-corrected chi connectivity index (χ0v) is 16.3. The Bertz CT molecular complexity index is 898. The van der Waals surface area contributed by atoms with Crippen LogP contribution in [0.1, 0.15) is 25.7 Å². The fourth-order valence-electron chi connectivity index (χ4n) is 3.97. The Hall–Kier alpha value is -2.55. The van der Waals surface area contributed by atoms with Gasteiger partial charge in [0.2, 0.25) is 5.82 Å². The third-order valence-electron chi connectivity index (χ3n) is 5.19. The molecule has 0 aliphatic carbocycles. The summed E-state index contributed by atoms with van der Waals surface area (Å²) in [5, 5.41) is 19.0. The van der Waals surface area contributed by atoms with E-state index in [9.17, 15) is 8.42 Å². The first-order valence-electron chi connectivity index (χ1n) is 9.12. The van der Waals surface area contributed by atoms with E-state index >= 15 is 0 Å². The van der Waals surface area contributed by atoms with Crippen LogP contribution >= 0.6 is 0 Å². The molecule has 11 heteroatoms. The van der Waals surface area contributed by atoms with E-state index in [-0.39, 0.29) is 10.9 Å². The van der Waals surface area contributed by atoms with Gasteiger partial charge >= 0.3 is 0 Å². The van der Waals surface area contributed by atoms with Crippen LogP contribution in [0.5, 0.6) is 0 Å². The fourth-order valence-corrected chi connectivity index (χ4v) is 4.66. The van der Waals surface area contributed by atoms with E-state index in [0.29, 0.717) is 11.6 Å². The predicted octanol–water partition coefficient (Wildman–Crippen LogP) is 0.223. The molecule has 0 amide bonds. The predicted molar refractivity (Wildman–Crippen MR) is 105 cm³/mol. The molecule has 4 rings (SSSR count). The molecule has 2 aliphatic rings. The highest BCUT2D eigenvalue weighted by Crippen LogP contribution is 2.34. The lowest BCUT2D eigenvalue weighted by molar-refractivity contribution is 0.208. The van der Waals surface area contributed by atoms with Crippen molar-refractivity contribution < 1.29 is 8.42 Å². The minimum absolute atomic E-state index is 0.179. The first kappa shape index (κ1) is 20.2. The van der Waals surface area contributed by atoms with Crippen LogP contribution in [-0.4, -0.2) is 71.1 Å². The third-order valence-corrected chi connectivity index (χ3v) is 6.04. The number of likely N-dealkylation sites (tertiary alicyclic amines) is 1. The van der Waals surface area contributed by atoms with E-state index in [1.54, 1.807) is 6.07 Å². The van der Waals surface area contributed by atoms with Crippen LogP contribution in [0.4, 0.5) is 5.69 Å². The zero-order valence-electron chi connectivity index (χ0n) is 15.5. The number of rotatable bonds is 4. The number of nitrogens with zero attached hydrogens (tertiary/aromatic N) is 6. The van der Waals surface area contributed by atoms with Crippen molar-refractivity contribution in [2.75, 3.05) is 31.1 Å². The second kappa shape index (κ2) is 8.64. The molecular weight excluding hydrogens is 380 g/mol. The standard InChI is InChI=1S/C15H22N8O2S.C2H2/c16-26(24,25)15-13(14-18-20-21-19-14)12(3-6-17-15)23-9-4-11(5-10-23)22-7-1-2-8-22;1-2/h3,6,11H,1-2,4-5,7-10H2,(H2,16,24,25)(H,18,19,20,21);1-2H. The van der Waals surface area contributed by atoms with E-state index in [0.717, 1.165) is 31.6 Å². The third kappa shape index (κ3) is 4.14. The van der Waals surface area contributed by atoms with Gasteiger partial charge in [-0.3, -0.25) is 0 Å². The van der Waals surface area contributed by atoms with Crippen molar-refractivity contribution in [1.29, 1.82) is 0 Å². The Kier molecular flexibility index (Phi) is 6.23. The number of H-pyrrole nitrogens is 1. The van der Waals surface area contributed by atoms with Crippen LogP contribution in [0.25, 0.3) is 11.4 Å². The SMILES string of the molecule is C#C.NS(=O)(=O)c1nccc(N2CCC(N3CCCC3)CC2)c1-c1nn[nH]n1.